The number of aromatic nitrogens is 1. The summed E-state index contributed by atoms with van der Waals surface area (Å²) in [5, 5.41) is 24.4. The SMILES string of the molecule is CC[C@H](CN=[N+]=[N-])NC(=O)OC(C)(C)C.CC[C@H](CO)NC(=O)OC(C)(C)C.CN(Cc1cccc(F)c1Cl)[C@@H](CNCC(F)F)COC(=O)Nc1cc2ccccc2cn1.S.S.S. The number of hydrogen-bond donors (Lipinski definition) is 5. The summed E-state index contributed by atoms with van der Waals surface area (Å²) in [6.45, 7) is 14.5. The number of carbonyl (C=O) groups is 3. The second-order valence-electron chi connectivity index (χ2n) is 15.6. The van der Waals surface area contributed by atoms with Gasteiger partial charge in [-0.15, -0.1) is 0 Å². The number of ether oxygens (including phenoxy) is 3. The number of likely N-dealkylation sites (N-methyl/N-ethyl adjacent to an activating group) is 1. The normalized spacial score (nSPS) is 12.1. The molecule has 1 heterocycles. The van der Waals surface area contributed by atoms with Crippen molar-refractivity contribution in [2.75, 3.05) is 45.2 Å². The lowest BCUT2D eigenvalue weighted by molar-refractivity contribution is 0.0476. The molecule has 0 aliphatic rings. The summed E-state index contributed by atoms with van der Waals surface area (Å²) in [4.78, 5) is 43.3. The molecule has 3 atom stereocenters. The van der Waals surface area contributed by atoms with E-state index >= 15 is 0 Å². The van der Waals surface area contributed by atoms with Crippen LogP contribution >= 0.6 is 52.1 Å². The first kappa shape index (κ1) is 64.3. The van der Waals surface area contributed by atoms with Crippen molar-refractivity contribution in [3.8, 4) is 0 Å². The first-order chi connectivity index (χ1) is 28.6. The standard InChI is InChI=1S/C23H24ClF3N4O2.C9H18N4O2.C9H19NO3.3H2S/c1-31(13-17-7-4-8-19(25)22(17)24)18(11-28-12-20(26)27)14-33-23(32)30-21-9-15-5-2-3-6-16(15)10-29-21;1-5-7(6-11-13-10)12-8(14)15-9(2,3)4;1-5-7(6-11)10-8(12)13-9(2,3)4;;;/h2-10,18,20,28H,11-14H2,1H3,(H,29,30,32);7H,5-6H2,1-4H3,(H,12,14);7,11H,5-6H2,1-4H3,(H,10,12);3*1H2/t18-;2*7-;;;/m011.../s1. The molecule has 0 bridgehead atoms. The van der Waals surface area contributed by atoms with E-state index in [4.69, 9.17) is 36.4 Å². The number of nitrogens with one attached hydrogen (secondary N) is 4. The van der Waals surface area contributed by atoms with Crippen LogP contribution in [0.5, 0.6) is 0 Å². The molecule has 2 aromatic carbocycles. The molecule has 3 rings (SSSR count). The Bertz CT molecular complexity index is 1860. The van der Waals surface area contributed by atoms with Gasteiger partial charge in [-0.25, -0.2) is 32.5 Å². The van der Waals surface area contributed by atoms with Gasteiger partial charge < -0.3 is 35.3 Å². The number of azide groups is 1. The Morgan fingerprint density at radius 1 is 0.891 bits per heavy atom. The quantitative estimate of drug-likeness (QED) is 0.0375. The lowest BCUT2D eigenvalue weighted by atomic mass is 10.1. The number of hydrogen-bond acceptors (Lipinski definition) is 11. The van der Waals surface area contributed by atoms with Crippen molar-refractivity contribution in [2.45, 2.75) is 111 Å². The maximum Gasteiger partial charge on any atom is 0.412 e. The van der Waals surface area contributed by atoms with Gasteiger partial charge in [-0.05, 0) is 90.0 Å². The second-order valence-corrected chi connectivity index (χ2v) is 15.9. The highest BCUT2D eigenvalue weighted by Gasteiger charge is 2.21. The summed E-state index contributed by atoms with van der Waals surface area (Å²) in [6, 6.07) is 12.9. The fourth-order valence-electron chi connectivity index (χ4n) is 4.87. The number of alkyl carbamates (subject to hydrolysis) is 2. The van der Waals surface area contributed by atoms with Crippen LogP contribution in [-0.2, 0) is 20.8 Å². The number of carbonyl (C=O) groups excluding carboxylic acids is 3. The summed E-state index contributed by atoms with van der Waals surface area (Å²) in [6.07, 6.45) is -1.19. The van der Waals surface area contributed by atoms with E-state index in [0.717, 1.165) is 10.8 Å². The number of halogens is 4. The molecule has 0 radical (unpaired) electrons. The van der Waals surface area contributed by atoms with E-state index in [0.29, 0.717) is 24.2 Å². The average molecular weight is 987 g/mol. The third kappa shape index (κ3) is 28.7. The molecule has 0 spiro atoms. The Labute approximate surface area is 400 Å². The molecule has 16 nitrogen and oxygen atoms in total. The van der Waals surface area contributed by atoms with E-state index in [1.807, 2.05) is 38.1 Å². The minimum Gasteiger partial charge on any atom is -0.448 e. The van der Waals surface area contributed by atoms with Crippen LogP contribution in [-0.4, -0.2) is 109 Å². The molecule has 364 valence electrons. The number of amides is 3. The van der Waals surface area contributed by atoms with Crippen molar-refractivity contribution in [1.82, 2.24) is 25.8 Å². The number of aliphatic hydroxyl groups excluding tert-OH is 1. The molecular weight excluding hydrogens is 919 g/mol. The predicted octanol–water partition coefficient (Wildman–Crippen LogP) is 9.15. The molecule has 0 aliphatic heterocycles. The van der Waals surface area contributed by atoms with Gasteiger partial charge in [0.15, 0.2) is 0 Å². The zero-order chi connectivity index (χ0) is 46.2. The Morgan fingerprint density at radius 3 is 1.97 bits per heavy atom. The van der Waals surface area contributed by atoms with Crippen molar-refractivity contribution >= 4 is 87.0 Å². The lowest BCUT2D eigenvalue weighted by Gasteiger charge is -2.28. The van der Waals surface area contributed by atoms with E-state index in [2.05, 4.69) is 36.3 Å². The van der Waals surface area contributed by atoms with Crippen LogP contribution in [0.1, 0.15) is 73.8 Å². The highest BCUT2D eigenvalue weighted by molar-refractivity contribution is 7.59. The molecule has 64 heavy (non-hydrogen) atoms. The summed E-state index contributed by atoms with van der Waals surface area (Å²) in [7, 11) is 1.71. The number of benzene rings is 2. The predicted molar refractivity (Wildman–Crippen MR) is 261 cm³/mol. The van der Waals surface area contributed by atoms with Crippen molar-refractivity contribution in [2.24, 2.45) is 5.11 Å². The molecule has 1 aromatic heterocycles. The van der Waals surface area contributed by atoms with Gasteiger partial charge in [-0.3, -0.25) is 10.2 Å². The first-order valence-corrected chi connectivity index (χ1v) is 20.0. The van der Waals surface area contributed by atoms with E-state index < -0.39 is 54.3 Å². The Hall–Kier alpha value is -4.02. The number of pyridine rings is 1. The second kappa shape index (κ2) is 33.5. The maximum atomic E-state index is 13.8. The first-order valence-electron chi connectivity index (χ1n) is 19.6. The largest absolute Gasteiger partial charge is 0.448 e. The molecule has 0 saturated heterocycles. The minimum atomic E-state index is -2.52. The molecule has 0 unspecified atom stereocenters. The number of fused-ring (bicyclic) bond motifs is 1. The van der Waals surface area contributed by atoms with Gasteiger partial charge in [0.1, 0.15) is 29.4 Å². The van der Waals surface area contributed by atoms with E-state index in [9.17, 15) is 27.6 Å². The Morgan fingerprint density at radius 2 is 1.45 bits per heavy atom. The van der Waals surface area contributed by atoms with Crippen LogP contribution < -0.4 is 21.3 Å². The summed E-state index contributed by atoms with van der Waals surface area (Å²) in [5.74, 6) is -0.223. The van der Waals surface area contributed by atoms with Crippen molar-refractivity contribution in [3.05, 3.63) is 81.6 Å². The van der Waals surface area contributed by atoms with Crippen molar-refractivity contribution < 1.29 is 46.9 Å². The van der Waals surface area contributed by atoms with Crippen LogP contribution in [0.4, 0.5) is 33.4 Å². The molecule has 0 fully saturated rings. The maximum absolute atomic E-state index is 13.8. The summed E-state index contributed by atoms with van der Waals surface area (Å²) in [5.41, 5.74) is 7.67. The number of alkyl halides is 2. The molecular formula is C41H67ClF3N9O7S3. The number of anilines is 1. The molecule has 0 aliphatic carbocycles. The third-order valence-corrected chi connectivity index (χ3v) is 8.46. The smallest absolute Gasteiger partial charge is 0.412 e. The summed E-state index contributed by atoms with van der Waals surface area (Å²) < 4.78 is 54.3. The highest BCUT2D eigenvalue weighted by atomic mass is 35.5. The Kier molecular flexibility index (Phi) is 33.6. The number of nitrogens with zero attached hydrogens (tertiary/aromatic N) is 5. The monoisotopic (exact) mass is 985 g/mol. The minimum absolute atomic E-state index is 0. The fourth-order valence-corrected chi connectivity index (χ4v) is 5.06. The lowest BCUT2D eigenvalue weighted by Crippen LogP contribution is -2.44. The topological polar surface area (TPSA) is 212 Å². The molecule has 3 aromatic rings. The van der Waals surface area contributed by atoms with Gasteiger partial charge in [0.2, 0.25) is 0 Å². The zero-order valence-electron chi connectivity index (χ0n) is 37.8. The van der Waals surface area contributed by atoms with E-state index in [-0.39, 0.29) is 90.4 Å². The fraction of sp³-hybridized carbons (Fsp3) is 0.561. The number of rotatable bonds is 17. The average Bonchev–Trinajstić information content (AvgIpc) is 3.17. The molecule has 3 amide bonds. The highest BCUT2D eigenvalue weighted by Crippen LogP contribution is 2.22. The summed E-state index contributed by atoms with van der Waals surface area (Å²) >= 11 is 6.03. The van der Waals surface area contributed by atoms with Gasteiger partial charge in [0, 0.05) is 42.2 Å². The van der Waals surface area contributed by atoms with Gasteiger partial charge in [0.25, 0.3) is 6.43 Å². The van der Waals surface area contributed by atoms with E-state index in [1.54, 1.807) is 71.8 Å². The van der Waals surface area contributed by atoms with E-state index in [1.165, 1.54) is 12.1 Å². The van der Waals surface area contributed by atoms with Crippen molar-refractivity contribution in [1.29, 1.82) is 0 Å². The molecule has 5 N–H and O–H groups in total. The Balaban J connectivity index is -0.00000101. The van der Waals surface area contributed by atoms with Gasteiger partial charge in [-0.1, -0.05) is 67.0 Å². The van der Waals surface area contributed by atoms with Crippen LogP contribution in [0, 0.1) is 5.82 Å². The molecule has 0 saturated carbocycles. The van der Waals surface area contributed by atoms with Gasteiger partial charge in [0.05, 0.1) is 30.3 Å². The van der Waals surface area contributed by atoms with Crippen LogP contribution in [0.3, 0.4) is 0 Å². The van der Waals surface area contributed by atoms with Gasteiger partial charge in [-0.2, -0.15) is 40.5 Å². The zero-order valence-corrected chi connectivity index (χ0v) is 41.6. The van der Waals surface area contributed by atoms with Crippen LogP contribution in [0.2, 0.25) is 5.02 Å². The third-order valence-electron chi connectivity index (χ3n) is 8.03. The van der Waals surface area contributed by atoms with Crippen molar-refractivity contribution in [3.63, 3.8) is 0 Å². The van der Waals surface area contributed by atoms with Crippen LogP contribution in [0.25, 0.3) is 21.2 Å². The van der Waals surface area contributed by atoms with Gasteiger partial charge >= 0.3 is 18.3 Å². The number of aliphatic hydroxyl groups is 1. The molecule has 23 heteroatoms. The van der Waals surface area contributed by atoms with Crippen LogP contribution in [0.15, 0.2) is 59.8 Å².